The largest absolute Gasteiger partial charge is 0.383 e. The summed E-state index contributed by atoms with van der Waals surface area (Å²) in [6, 6.07) is 4.22. The van der Waals surface area contributed by atoms with Gasteiger partial charge in [0.25, 0.3) is 0 Å². The van der Waals surface area contributed by atoms with Crippen LogP contribution in [0.15, 0.2) is 18.2 Å². The molecule has 0 bridgehead atoms. The molecule has 0 spiro atoms. The van der Waals surface area contributed by atoms with Gasteiger partial charge in [0.05, 0.1) is 10.0 Å². The summed E-state index contributed by atoms with van der Waals surface area (Å²) in [6.07, 6.45) is 0. The smallest absolute Gasteiger partial charge is 0.223 e. The summed E-state index contributed by atoms with van der Waals surface area (Å²) in [7, 11) is 0. The van der Waals surface area contributed by atoms with Crippen LogP contribution >= 0.6 is 23.2 Å². The van der Waals surface area contributed by atoms with E-state index in [4.69, 9.17) is 34.7 Å². The van der Waals surface area contributed by atoms with Crippen molar-refractivity contribution in [2.24, 2.45) is 0 Å². The van der Waals surface area contributed by atoms with Crippen LogP contribution in [-0.4, -0.2) is 9.97 Å². The van der Waals surface area contributed by atoms with Crippen LogP contribution in [0, 0.1) is 5.82 Å². The van der Waals surface area contributed by atoms with Gasteiger partial charge in [0, 0.05) is 11.8 Å². The zero-order chi connectivity index (χ0) is 13.3. The maximum absolute atomic E-state index is 13.2. The molecule has 1 aromatic heterocycles. The number of nitrogens with one attached hydrogen (secondary N) is 1. The monoisotopic (exact) mass is 287 g/mol. The molecule has 0 aliphatic rings. The number of halogens is 3. The Morgan fingerprint density at radius 1 is 1.06 bits per heavy atom. The van der Waals surface area contributed by atoms with Crippen molar-refractivity contribution in [1.29, 1.82) is 0 Å². The molecule has 0 radical (unpaired) electrons. The van der Waals surface area contributed by atoms with Gasteiger partial charge in [-0.1, -0.05) is 23.2 Å². The Kier molecular flexibility index (Phi) is 3.40. The number of hydrogen-bond acceptors (Lipinski definition) is 5. The summed E-state index contributed by atoms with van der Waals surface area (Å²) in [4.78, 5) is 7.62. The Morgan fingerprint density at radius 2 is 1.67 bits per heavy atom. The van der Waals surface area contributed by atoms with Gasteiger partial charge in [-0.3, -0.25) is 0 Å². The van der Waals surface area contributed by atoms with E-state index in [2.05, 4.69) is 15.3 Å². The lowest BCUT2D eigenvalue weighted by Gasteiger charge is -2.08. The molecule has 0 aliphatic carbocycles. The van der Waals surface area contributed by atoms with Crippen molar-refractivity contribution >= 4 is 46.5 Å². The minimum Gasteiger partial charge on any atom is -0.383 e. The van der Waals surface area contributed by atoms with Crippen LogP contribution < -0.4 is 16.8 Å². The van der Waals surface area contributed by atoms with Crippen LogP contribution in [0.3, 0.4) is 0 Å². The molecule has 2 aromatic rings. The molecule has 5 nitrogen and oxygen atoms in total. The summed E-state index contributed by atoms with van der Waals surface area (Å²) in [5.41, 5.74) is 11.4. The highest BCUT2D eigenvalue weighted by molar-refractivity contribution is 6.35. The van der Waals surface area contributed by atoms with Crippen molar-refractivity contribution in [3.63, 3.8) is 0 Å². The molecule has 0 fully saturated rings. The zero-order valence-electron chi connectivity index (χ0n) is 8.92. The molecule has 1 heterocycles. The fraction of sp³-hybridized carbons (Fsp3) is 0. The van der Waals surface area contributed by atoms with Crippen molar-refractivity contribution in [2.45, 2.75) is 0 Å². The predicted molar refractivity (Wildman–Crippen MR) is 70.6 cm³/mol. The van der Waals surface area contributed by atoms with E-state index >= 15 is 0 Å². The average Bonchev–Trinajstić information content (AvgIpc) is 2.24. The van der Waals surface area contributed by atoms with Crippen molar-refractivity contribution in [2.75, 3.05) is 16.8 Å². The molecular weight excluding hydrogens is 280 g/mol. The van der Waals surface area contributed by atoms with E-state index in [1.165, 1.54) is 18.2 Å². The van der Waals surface area contributed by atoms with E-state index in [1.807, 2.05) is 0 Å². The molecule has 5 N–H and O–H groups in total. The third-order valence-corrected chi connectivity index (χ3v) is 2.57. The van der Waals surface area contributed by atoms with Crippen LogP contribution in [0.5, 0.6) is 0 Å². The van der Waals surface area contributed by atoms with Gasteiger partial charge in [-0.25, -0.2) is 4.39 Å². The number of hydrogen-bond donors (Lipinski definition) is 3. The number of nitrogens with zero attached hydrogens (tertiary/aromatic N) is 2. The van der Waals surface area contributed by atoms with Crippen molar-refractivity contribution in [3.8, 4) is 0 Å². The normalized spacial score (nSPS) is 10.4. The van der Waals surface area contributed by atoms with Crippen LogP contribution in [0.1, 0.15) is 0 Å². The zero-order valence-corrected chi connectivity index (χ0v) is 10.4. The topological polar surface area (TPSA) is 89.8 Å². The molecule has 0 amide bonds. The molecule has 0 unspecified atom stereocenters. The Hall–Kier alpha value is -1.79. The minimum atomic E-state index is -0.675. The fourth-order valence-electron chi connectivity index (χ4n) is 1.32. The van der Waals surface area contributed by atoms with Gasteiger partial charge in [-0.15, -0.1) is 0 Å². The Morgan fingerprint density at radius 3 is 2.22 bits per heavy atom. The van der Waals surface area contributed by atoms with E-state index < -0.39 is 5.82 Å². The lowest BCUT2D eigenvalue weighted by Crippen LogP contribution is -2.03. The number of benzene rings is 1. The maximum atomic E-state index is 13.2. The van der Waals surface area contributed by atoms with Gasteiger partial charge < -0.3 is 16.8 Å². The molecule has 8 heteroatoms. The molecule has 2 rings (SSSR count). The number of nitrogens with two attached hydrogens (primary N) is 2. The molecule has 0 saturated carbocycles. The Balaban J connectivity index is 2.34. The minimum absolute atomic E-state index is 0.0248. The fourth-order valence-corrected chi connectivity index (χ4v) is 1.81. The second-order valence-electron chi connectivity index (χ2n) is 3.42. The highest BCUT2D eigenvalue weighted by Crippen LogP contribution is 2.28. The van der Waals surface area contributed by atoms with Crippen LogP contribution in [-0.2, 0) is 0 Å². The van der Waals surface area contributed by atoms with Crippen LogP contribution in [0.4, 0.5) is 27.7 Å². The first-order chi connectivity index (χ1) is 8.45. The van der Waals surface area contributed by atoms with E-state index in [0.29, 0.717) is 11.5 Å². The van der Waals surface area contributed by atoms with Gasteiger partial charge in [0.15, 0.2) is 5.82 Å². The lowest BCUT2D eigenvalue weighted by atomic mass is 10.3. The third-order valence-electron chi connectivity index (χ3n) is 2.02. The van der Waals surface area contributed by atoms with Gasteiger partial charge >= 0.3 is 0 Å². The first-order valence-electron chi connectivity index (χ1n) is 4.77. The van der Waals surface area contributed by atoms with Gasteiger partial charge in [0.1, 0.15) is 11.6 Å². The number of nitrogen functional groups attached to an aromatic ring is 2. The summed E-state index contributed by atoms with van der Waals surface area (Å²) < 4.78 is 13.2. The van der Waals surface area contributed by atoms with Gasteiger partial charge in [0.2, 0.25) is 5.95 Å². The van der Waals surface area contributed by atoms with Crippen molar-refractivity contribution in [3.05, 3.63) is 34.1 Å². The maximum Gasteiger partial charge on any atom is 0.223 e. The van der Waals surface area contributed by atoms with Crippen LogP contribution in [0.2, 0.25) is 10.0 Å². The van der Waals surface area contributed by atoms with E-state index in [0.717, 1.165) is 0 Å². The molecule has 0 aliphatic heterocycles. The summed E-state index contributed by atoms with van der Waals surface area (Å²) >= 11 is 11.3. The van der Waals surface area contributed by atoms with E-state index in [-0.39, 0.29) is 21.8 Å². The highest BCUT2D eigenvalue weighted by atomic mass is 35.5. The highest BCUT2D eigenvalue weighted by Gasteiger charge is 2.08. The molecule has 0 atom stereocenters. The summed E-state index contributed by atoms with van der Waals surface area (Å²) in [6.45, 7) is 0. The Labute approximate surface area is 112 Å². The number of rotatable bonds is 2. The second-order valence-corrected chi connectivity index (χ2v) is 4.23. The number of aromatic nitrogens is 2. The van der Waals surface area contributed by atoms with E-state index in [1.54, 1.807) is 0 Å². The average molecular weight is 288 g/mol. The summed E-state index contributed by atoms with van der Waals surface area (Å²) in [5.74, 6) is -0.0783. The molecule has 18 heavy (non-hydrogen) atoms. The van der Waals surface area contributed by atoms with Crippen LogP contribution in [0.25, 0.3) is 0 Å². The lowest BCUT2D eigenvalue weighted by molar-refractivity contribution is 0.629. The Bertz CT molecular complexity index is 562. The SMILES string of the molecule is Nc1cc(Nc2cc(Cl)c(F)c(Cl)c2)nc(N)n1. The standard InChI is InChI=1S/C10H8Cl2FN5/c11-5-1-4(2-6(12)9(5)13)16-8-3-7(14)17-10(15)18-8/h1-3H,(H5,14,15,16,17,18). The molecular formula is C10H8Cl2FN5. The first kappa shape index (κ1) is 12.7. The summed E-state index contributed by atoms with van der Waals surface area (Å²) in [5, 5.41) is 2.65. The van der Waals surface area contributed by atoms with Gasteiger partial charge in [-0.2, -0.15) is 9.97 Å². The quantitative estimate of drug-likeness (QED) is 0.739. The second kappa shape index (κ2) is 4.83. The molecule has 1 aromatic carbocycles. The van der Waals surface area contributed by atoms with Crippen molar-refractivity contribution < 1.29 is 4.39 Å². The predicted octanol–water partition coefficient (Wildman–Crippen LogP) is 2.83. The van der Waals surface area contributed by atoms with Gasteiger partial charge in [-0.05, 0) is 12.1 Å². The first-order valence-corrected chi connectivity index (χ1v) is 5.53. The molecule has 0 saturated heterocycles. The number of anilines is 4. The van der Waals surface area contributed by atoms with E-state index in [9.17, 15) is 4.39 Å². The van der Waals surface area contributed by atoms with Crippen molar-refractivity contribution in [1.82, 2.24) is 9.97 Å². The third kappa shape index (κ3) is 2.72. The molecule has 94 valence electrons.